The molecule has 1 fully saturated rings. The van der Waals surface area contributed by atoms with Gasteiger partial charge in [0.2, 0.25) is 0 Å². The zero-order chi connectivity index (χ0) is 14.5. The zero-order valence-corrected chi connectivity index (χ0v) is 13.4. The van der Waals surface area contributed by atoms with Crippen LogP contribution in [0.5, 0.6) is 0 Å². The molecule has 0 aliphatic carbocycles. The first kappa shape index (κ1) is 16.0. The Hall–Kier alpha value is -0.410. The van der Waals surface area contributed by atoms with Gasteiger partial charge in [-0.1, -0.05) is 40.8 Å². The Morgan fingerprint density at radius 1 is 1.35 bits per heavy atom. The highest BCUT2D eigenvalue weighted by Crippen LogP contribution is 2.20. The van der Waals surface area contributed by atoms with Crippen molar-refractivity contribution in [1.29, 1.82) is 0 Å². The first-order valence-electron chi connectivity index (χ1n) is 6.63. The maximum Gasteiger partial charge on any atom is 0.110 e. The Labute approximate surface area is 132 Å². The number of aliphatic hydroxyl groups is 2. The molecule has 1 aliphatic rings. The fourth-order valence-corrected chi connectivity index (χ4v) is 2.34. The third-order valence-corrected chi connectivity index (χ3v) is 3.61. The number of anilines is 1. The Morgan fingerprint density at radius 2 is 2.05 bits per heavy atom. The number of halogens is 1. The second-order valence-corrected chi connectivity index (χ2v) is 6.60. The first-order valence-corrected chi connectivity index (χ1v) is 7.87. The van der Waals surface area contributed by atoms with Gasteiger partial charge in [-0.2, -0.15) is 0 Å². The molecular weight excluding hydrogens is 373 g/mol. The van der Waals surface area contributed by atoms with Gasteiger partial charge >= 0.3 is 0 Å². The van der Waals surface area contributed by atoms with E-state index >= 15 is 0 Å². The maximum atomic E-state index is 10.2. The zero-order valence-electron chi connectivity index (χ0n) is 11.3. The number of aliphatic hydroxyl groups excluding tert-OH is 2. The van der Waals surface area contributed by atoms with Gasteiger partial charge in [-0.15, -0.1) is 0 Å². The average molecular weight is 393 g/mol. The highest BCUT2D eigenvalue weighted by atomic mass is 127. The minimum Gasteiger partial charge on any atom is -0.388 e. The molecule has 5 atom stereocenters. The summed E-state index contributed by atoms with van der Waals surface area (Å²) in [6, 6.07) is 9.23. The highest BCUT2D eigenvalue weighted by molar-refractivity contribution is 14.1. The number of hydrogen-bond donors (Lipinski definition) is 3. The van der Waals surface area contributed by atoms with Crippen molar-refractivity contribution in [1.82, 2.24) is 0 Å². The van der Waals surface area contributed by atoms with Crippen LogP contribution in [0.25, 0.3) is 0 Å². The predicted octanol–water partition coefficient (Wildman–Crippen LogP) is 1.39. The highest BCUT2D eigenvalue weighted by Gasteiger charge is 2.38. The summed E-state index contributed by atoms with van der Waals surface area (Å²) in [6.07, 6.45) is -2.33. The van der Waals surface area contributed by atoms with E-state index in [1.165, 1.54) is 0 Å². The molecular formula is C14H20INO4. The lowest BCUT2D eigenvalue weighted by Gasteiger charge is -2.38. The van der Waals surface area contributed by atoms with E-state index in [1.807, 2.05) is 37.3 Å². The van der Waals surface area contributed by atoms with E-state index in [2.05, 4.69) is 27.9 Å². The van der Waals surface area contributed by atoms with Crippen molar-refractivity contribution in [3.05, 3.63) is 30.3 Å². The Balaban J connectivity index is 1.90. The van der Waals surface area contributed by atoms with Gasteiger partial charge in [-0.05, 0) is 19.1 Å². The molecule has 1 aromatic rings. The smallest absolute Gasteiger partial charge is 0.110 e. The molecule has 1 heterocycles. The fourth-order valence-electron chi connectivity index (χ4n) is 2.13. The lowest BCUT2D eigenvalue weighted by molar-refractivity contribution is -0.159. The number of hydrogen-bond acceptors (Lipinski definition) is 5. The Kier molecular flexibility index (Phi) is 6.03. The van der Waals surface area contributed by atoms with Crippen LogP contribution in [0.2, 0.25) is 0 Å². The topological polar surface area (TPSA) is 71.0 Å². The Bertz CT molecular complexity index is 403. The van der Waals surface area contributed by atoms with Gasteiger partial charge in [0.05, 0.1) is 19.3 Å². The van der Waals surface area contributed by atoms with Gasteiger partial charge in [-0.25, -0.2) is 0 Å². The van der Waals surface area contributed by atoms with Crippen LogP contribution in [-0.4, -0.2) is 51.9 Å². The average Bonchev–Trinajstić information content (AvgIpc) is 2.44. The molecule has 5 nitrogen and oxygen atoms in total. The van der Waals surface area contributed by atoms with Gasteiger partial charge in [0, 0.05) is 5.69 Å². The number of ether oxygens (including phenoxy) is 2. The molecule has 0 spiro atoms. The molecule has 1 aliphatic heterocycles. The van der Waals surface area contributed by atoms with E-state index < -0.39 is 18.3 Å². The molecule has 6 heteroatoms. The molecule has 0 aromatic heterocycles. The van der Waals surface area contributed by atoms with E-state index in [0.717, 1.165) is 5.69 Å². The van der Waals surface area contributed by atoms with Crippen molar-refractivity contribution in [3.63, 3.8) is 0 Å². The van der Waals surface area contributed by atoms with Crippen LogP contribution in [-0.2, 0) is 9.47 Å². The number of benzene rings is 1. The summed E-state index contributed by atoms with van der Waals surface area (Å²) in [4.78, 5) is 0. The maximum absolute atomic E-state index is 10.2. The van der Waals surface area contributed by atoms with E-state index in [1.54, 1.807) is 0 Å². The lowest BCUT2D eigenvalue weighted by Crippen LogP contribution is -2.57. The van der Waals surface area contributed by atoms with E-state index in [9.17, 15) is 10.2 Å². The van der Waals surface area contributed by atoms with Crippen molar-refractivity contribution < 1.29 is 19.7 Å². The molecule has 1 saturated heterocycles. The standard InChI is InChI=1S/C14H20INO4/c1-9(15)19-8-12-14(18)13(17)11(7-20-12)16-10-5-3-2-4-6-10/h2-6,9,11-14,16-18H,7-8H2,1H3/t9?,11-,12+,13+,14-/m0/s1. The summed E-state index contributed by atoms with van der Waals surface area (Å²) < 4.78 is 11.1. The first-order chi connectivity index (χ1) is 9.58. The second kappa shape index (κ2) is 7.56. The van der Waals surface area contributed by atoms with Gasteiger partial charge in [0.15, 0.2) is 0 Å². The minimum absolute atomic E-state index is 0.0423. The number of nitrogens with one attached hydrogen (secondary N) is 1. The quantitative estimate of drug-likeness (QED) is 0.521. The summed E-state index contributed by atoms with van der Waals surface area (Å²) in [7, 11) is 0. The Morgan fingerprint density at radius 3 is 2.70 bits per heavy atom. The largest absolute Gasteiger partial charge is 0.388 e. The number of rotatable bonds is 5. The normalized spacial score (nSPS) is 31.8. The van der Waals surface area contributed by atoms with Crippen molar-refractivity contribution in [2.45, 2.75) is 35.4 Å². The molecule has 1 aromatic carbocycles. The number of para-hydroxylation sites is 1. The van der Waals surface area contributed by atoms with Crippen LogP contribution in [0.15, 0.2) is 30.3 Å². The summed E-state index contributed by atoms with van der Waals surface area (Å²) in [6.45, 7) is 2.52. The number of alkyl halides is 1. The minimum atomic E-state index is -0.958. The third-order valence-electron chi connectivity index (χ3n) is 3.25. The van der Waals surface area contributed by atoms with E-state index in [0.29, 0.717) is 6.61 Å². The molecule has 0 amide bonds. The second-order valence-electron chi connectivity index (χ2n) is 4.85. The molecule has 0 radical (unpaired) electrons. The molecule has 2 rings (SSSR count). The summed E-state index contributed by atoms with van der Waals surface area (Å²) in [5.41, 5.74) is 0.892. The molecule has 112 valence electrons. The monoisotopic (exact) mass is 393 g/mol. The van der Waals surface area contributed by atoms with Crippen molar-refractivity contribution in [2.75, 3.05) is 18.5 Å². The molecule has 0 saturated carbocycles. The van der Waals surface area contributed by atoms with Crippen LogP contribution in [0, 0.1) is 0 Å². The van der Waals surface area contributed by atoms with Crippen LogP contribution >= 0.6 is 22.6 Å². The third kappa shape index (κ3) is 4.29. The van der Waals surface area contributed by atoms with Gasteiger partial charge < -0.3 is 25.0 Å². The molecule has 3 N–H and O–H groups in total. The SMILES string of the molecule is CC(I)OC[C@H]1OC[C@H](Nc2ccccc2)[C@@H](O)[C@H]1O. The van der Waals surface area contributed by atoms with Crippen LogP contribution in [0.1, 0.15) is 6.92 Å². The van der Waals surface area contributed by atoms with Crippen LogP contribution < -0.4 is 5.32 Å². The molecule has 0 bridgehead atoms. The summed E-state index contributed by atoms with van der Waals surface area (Å²) >= 11 is 2.14. The van der Waals surface area contributed by atoms with Crippen molar-refractivity contribution in [3.8, 4) is 0 Å². The van der Waals surface area contributed by atoms with Gasteiger partial charge in [0.25, 0.3) is 0 Å². The van der Waals surface area contributed by atoms with Crippen molar-refractivity contribution in [2.24, 2.45) is 0 Å². The van der Waals surface area contributed by atoms with Crippen LogP contribution in [0.3, 0.4) is 0 Å². The fraction of sp³-hybridized carbons (Fsp3) is 0.571. The molecule has 20 heavy (non-hydrogen) atoms. The van der Waals surface area contributed by atoms with Crippen molar-refractivity contribution >= 4 is 28.3 Å². The summed E-state index contributed by atoms with van der Waals surface area (Å²) in [5.74, 6) is 0. The predicted molar refractivity (Wildman–Crippen MR) is 85.0 cm³/mol. The van der Waals surface area contributed by atoms with E-state index in [4.69, 9.17) is 9.47 Å². The van der Waals surface area contributed by atoms with Gasteiger partial charge in [-0.3, -0.25) is 0 Å². The van der Waals surface area contributed by atoms with Crippen LogP contribution in [0.4, 0.5) is 5.69 Å². The lowest BCUT2D eigenvalue weighted by atomic mass is 9.98. The van der Waals surface area contributed by atoms with Gasteiger partial charge in [0.1, 0.15) is 22.4 Å². The summed E-state index contributed by atoms with van der Waals surface area (Å²) in [5, 5.41) is 23.5. The molecule has 1 unspecified atom stereocenters. The van der Waals surface area contributed by atoms with E-state index in [-0.39, 0.29) is 16.8 Å².